The summed E-state index contributed by atoms with van der Waals surface area (Å²) < 4.78 is 22.8. The highest BCUT2D eigenvalue weighted by atomic mass is 32.2. The van der Waals surface area contributed by atoms with E-state index in [-0.39, 0.29) is 17.5 Å². The SMILES string of the molecule is CCCc1ccc(C(C)NCCS(=O)(=O)CC)cc1. The van der Waals surface area contributed by atoms with Gasteiger partial charge in [0.25, 0.3) is 0 Å². The quantitative estimate of drug-likeness (QED) is 0.798. The van der Waals surface area contributed by atoms with Crippen LogP contribution in [0.5, 0.6) is 0 Å². The summed E-state index contributed by atoms with van der Waals surface area (Å²) in [7, 11) is -2.87. The van der Waals surface area contributed by atoms with Crippen molar-refractivity contribution in [1.29, 1.82) is 0 Å². The Kier molecular flexibility index (Phi) is 6.52. The Labute approximate surface area is 117 Å². The molecule has 0 amide bonds. The van der Waals surface area contributed by atoms with E-state index in [9.17, 15) is 8.42 Å². The molecule has 0 aliphatic carbocycles. The van der Waals surface area contributed by atoms with Gasteiger partial charge in [-0.05, 0) is 24.5 Å². The summed E-state index contributed by atoms with van der Waals surface area (Å²) in [6.07, 6.45) is 2.26. The highest BCUT2D eigenvalue weighted by Gasteiger charge is 2.09. The maximum Gasteiger partial charge on any atom is 0.151 e. The van der Waals surface area contributed by atoms with E-state index in [2.05, 4.69) is 43.4 Å². The van der Waals surface area contributed by atoms with Crippen LogP contribution in [0.1, 0.15) is 44.4 Å². The molecule has 1 unspecified atom stereocenters. The van der Waals surface area contributed by atoms with Gasteiger partial charge in [0.05, 0.1) is 5.75 Å². The molecule has 1 rings (SSSR count). The number of hydrogen-bond donors (Lipinski definition) is 1. The number of benzene rings is 1. The van der Waals surface area contributed by atoms with Crippen molar-refractivity contribution in [3.05, 3.63) is 35.4 Å². The van der Waals surface area contributed by atoms with Gasteiger partial charge in [0.2, 0.25) is 0 Å². The summed E-state index contributed by atoms with van der Waals surface area (Å²) in [5, 5.41) is 3.26. The topological polar surface area (TPSA) is 46.2 Å². The van der Waals surface area contributed by atoms with Crippen LogP contribution in [-0.4, -0.2) is 26.5 Å². The lowest BCUT2D eigenvalue weighted by molar-refractivity contribution is 0.573. The van der Waals surface area contributed by atoms with Crippen molar-refractivity contribution in [1.82, 2.24) is 5.32 Å². The minimum absolute atomic E-state index is 0.183. The Morgan fingerprint density at radius 2 is 1.79 bits per heavy atom. The molecule has 4 heteroatoms. The van der Waals surface area contributed by atoms with E-state index in [0.717, 1.165) is 12.8 Å². The van der Waals surface area contributed by atoms with Crippen molar-refractivity contribution in [3.63, 3.8) is 0 Å². The lowest BCUT2D eigenvalue weighted by Crippen LogP contribution is -2.26. The summed E-state index contributed by atoms with van der Waals surface area (Å²) in [5.74, 6) is 0.427. The second-order valence-electron chi connectivity index (χ2n) is 4.90. The van der Waals surface area contributed by atoms with Crippen LogP contribution in [0.4, 0.5) is 0 Å². The van der Waals surface area contributed by atoms with Crippen LogP contribution in [0.2, 0.25) is 0 Å². The summed E-state index contributed by atoms with van der Waals surface area (Å²) >= 11 is 0. The summed E-state index contributed by atoms with van der Waals surface area (Å²) in [4.78, 5) is 0. The van der Waals surface area contributed by atoms with E-state index in [1.54, 1.807) is 6.92 Å². The van der Waals surface area contributed by atoms with E-state index in [4.69, 9.17) is 0 Å². The fourth-order valence-corrected chi connectivity index (χ4v) is 2.67. The first-order chi connectivity index (χ1) is 8.98. The van der Waals surface area contributed by atoms with Gasteiger partial charge in [0.1, 0.15) is 0 Å². The zero-order valence-corrected chi connectivity index (χ0v) is 13.0. The van der Waals surface area contributed by atoms with Crippen molar-refractivity contribution in [2.75, 3.05) is 18.1 Å². The lowest BCUT2D eigenvalue weighted by atomic mass is 10.0. The highest BCUT2D eigenvalue weighted by molar-refractivity contribution is 7.91. The van der Waals surface area contributed by atoms with Crippen LogP contribution in [0.25, 0.3) is 0 Å². The average molecular weight is 283 g/mol. The molecule has 0 aromatic heterocycles. The van der Waals surface area contributed by atoms with Gasteiger partial charge in [-0.25, -0.2) is 8.42 Å². The molecule has 1 atom stereocenters. The number of rotatable bonds is 8. The van der Waals surface area contributed by atoms with Crippen molar-refractivity contribution in [2.45, 2.75) is 39.7 Å². The van der Waals surface area contributed by atoms with E-state index in [0.29, 0.717) is 6.54 Å². The minimum Gasteiger partial charge on any atom is -0.309 e. The Morgan fingerprint density at radius 1 is 1.16 bits per heavy atom. The van der Waals surface area contributed by atoms with Gasteiger partial charge in [-0.3, -0.25) is 0 Å². The third-order valence-corrected chi connectivity index (χ3v) is 5.03. The maximum absolute atomic E-state index is 11.4. The molecule has 19 heavy (non-hydrogen) atoms. The van der Waals surface area contributed by atoms with Gasteiger partial charge in [0.15, 0.2) is 9.84 Å². The van der Waals surface area contributed by atoms with Crippen LogP contribution in [0, 0.1) is 0 Å². The van der Waals surface area contributed by atoms with Crippen LogP contribution in [0.15, 0.2) is 24.3 Å². The van der Waals surface area contributed by atoms with Gasteiger partial charge in [-0.15, -0.1) is 0 Å². The zero-order valence-electron chi connectivity index (χ0n) is 12.1. The second kappa shape index (κ2) is 7.65. The van der Waals surface area contributed by atoms with Crippen molar-refractivity contribution in [3.8, 4) is 0 Å². The lowest BCUT2D eigenvalue weighted by Gasteiger charge is -2.14. The molecule has 0 aliphatic heterocycles. The molecule has 1 N–H and O–H groups in total. The van der Waals surface area contributed by atoms with E-state index in [1.165, 1.54) is 11.1 Å². The van der Waals surface area contributed by atoms with Gasteiger partial charge in [-0.1, -0.05) is 44.5 Å². The molecule has 0 saturated heterocycles. The van der Waals surface area contributed by atoms with Gasteiger partial charge in [0, 0.05) is 18.3 Å². The van der Waals surface area contributed by atoms with Crippen LogP contribution < -0.4 is 5.32 Å². The molecule has 0 fully saturated rings. The van der Waals surface area contributed by atoms with Crippen LogP contribution >= 0.6 is 0 Å². The van der Waals surface area contributed by atoms with Crippen molar-refractivity contribution in [2.24, 2.45) is 0 Å². The van der Waals surface area contributed by atoms with Gasteiger partial charge < -0.3 is 5.32 Å². The number of nitrogens with one attached hydrogen (secondary N) is 1. The molecule has 3 nitrogen and oxygen atoms in total. The smallest absolute Gasteiger partial charge is 0.151 e. The number of aryl methyl sites for hydroxylation is 1. The minimum atomic E-state index is -2.87. The molecule has 1 aromatic rings. The summed E-state index contributed by atoms with van der Waals surface area (Å²) in [5.41, 5.74) is 2.56. The first-order valence-corrected chi connectivity index (χ1v) is 8.83. The summed E-state index contributed by atoms with van der Waals surface area (Å²) in [6, 6.07) is 8.73. The number of hydrogen-bond acceptors (Lipinski definition) is 3. The molecule has 1 aromatic carbocycles. The van der Waals surface area contributed by atoms with E-state index < -0.39 is 9.84 Å². The van der Waals surface area contributed by atoms with Crippen LogP contribution in [0.3, 0.4) is 0 Å². The molecule has 108 valence electrons. The molecule has 0 saturated carbocycles. The fourth-order valence-electron chi connectivity index (χ4n) is 1.95. The largest absolute Gasteiger partial charge is 0.309 e. The first-order valence-electron chi connectivity index (χ1n) is 7.01. The van der Waals surface area contributed by atoms with Crippen molar-refractivity contribution >= 4 is 9.84 Å². The predicted molar refractivity (Wildman–Crippen MR) is 81.2 cm³/mol. The van der Waals surface area contributed by atoms with E-state index in [1.807, 2.05) is 0 Å². The maximum atomic E-state index is 11.4. The third kappa shape index (κ3) is 5.74. The predicted octanol–water partition coefficient (Wildman–Crippen LogP) is 2.72. The van der Waals surface area contributed by atoms with Crippen molar-refractivity contribution < 1.29 is 8.42 Å². The molecule has 0 spiro atoms. The third-order valence-electron chi connectivity index (χ3n) is 3.32. The van der Waals surface area contributed by atoms with Gasteiger partial charge >= 0.3 is 0 Å². The molecular weight excluding hydrogens is 258 g/mol. The summed E-state index contributed by atoms with van der Waals surface area (Å²) in [6.45, 7) is 6.43. The fraction of sp³-hybridized carbons (Fsp3) is 0.600. The highest BCUT2D eigenvalue weighted by Crippen LogP contribution is 2.14. The number of sulfone groups is 1. The standard InChI is InChI=1S/C15H25NO2S/c1-4-6-14-7-9-15(10-8-14)13(3)16-11-12-19(17,18)5-2/h7-10,13,16H,4-6,11-12H2,1-3H3. The second-order valence-corrected chi connectivity index (χ2v) is 7.38. The normalized spacial score (nSPS) is 13.4. The Bertz CT molecular complexity index is 465. The molecular formula is C15H25NO2S. The molecule has 0 aliphatic rings. The molecule has 0 radical (unpaired) electrons. The Morgan fingerprint density at radius 3 is 2.32 bits per heavy atom. The van der Waals surface area contributed by atoms with Crippen LogP contribution in [-0.2, 0) is 16.3 Å². The Hall–Kier alpha value is -0.870. The Balaban J connectivity index is 2.47. The van der Waals surface area contributed by atoms with Gasteiger partial charge in [-0.2, -0.15) is 0 Å². The average Bonchev–Trinajstić information content (AvgIpc) is 2.39. The molecule has 0 heterocycles. The molecule has 0 bridgehead atoms. The zero-order chi connectivity index (χ0) is 14.3. The first kappa shape index (κ1) is 16.2. The van der Waals surface area contributed by atoms with E-state index >= 15 is 0 Å². The monoisotopic (exact) mass is 283 g/mol.